The smallest absolute Gasteiger partial charge is 0.254 e. The fourth-order valence-electron chi connectivity index (χ4n) is 1.89. The molecule has 0 saturated carbocycles. The molecule has 108 valence electrons. The molecule has 2 atom stereocenters. The van der Waals surface area contributed by atoms with Crippen LogP contribution in [-0.4, -0.2) is 29.6 Å². The number of hydrogen-bond donors (Lipinski definition) is 2. The zero-order valence-corrected chi connectivity index (χ0v) is 12.3. The minimum absolute atomic E-state index is 0. The molecule has 0 aromatic carbocycles. The van der Waals surface area contributed by atoms with Crippen LogP contribution >= 0.6 is 24.8 Å². The van der Waals surface area contributed by atoms with Crippen LogP contribution in [0.4, 0.5) is 5.82 Å². The number of pyridine rings is 1. The van der Waals surface area contributed by atoms with Crippen molar-refractivity contribution in [2.45, 2.75) is 32.0 Å². The van der Waals surface area contributed by atoms with Gasteiger partial charge in [-0.1, -0.05) is 6.07 Å². The first-order valence-corrected chi connectivity index (χ1v) is 5.79. The van der Waals surface area contributed by atoms with E-state index >= 15 is 0 Å². The molecule has 7 heteroatoms. The summed E-state index contributed by atoms with van der Waals surface area (Å²) >= 11 is 0. The Morgan fingerprint density at radius 3 is 2.79 bits per heavy atom. The molecule has 1 aromatic rings. The highest BCUT2D eigenvalue weighted by Gasteiger charge is 2.29. The third-order valence-electron chi connectivity index (χ3n) is 2.80. The highest BCUT2D eigenvalue weighted by atomic mass is 35.5. The van der Waals surface area contributed by atoms with Crippen molar-refractivity contribution in [2.75, 3.05) is 11.9 Å². The van der Waals surface area contributed by atoms with Crippen molar-refractivity contribution in [1.82, 2.24) is 4.98 Å². The number of ether oxygens (including phenoxy) is 1. The number of anilines is 1. The molecule has 1 aliphatic heterocycles. The van der Waals surface area contributed by atoms with Crippen LogP contribution in [0.5, 0.6) is 0 Å². The van der Waals surface area contributed by atoms with Crippen LogP contribution in [0.2, 0.25) is 0 Å². The Labute approximate surface area is 125 Å². The van der Waals surface area contributed by atoms with E-state index in [-0.39, 0.29) is 36.8 Å². The third-order valence-corrected chi connectivity index (χ3v) is 2.80. The summed E-state index contributed by atoms with van der Waals surface area (Å²) in [6, 6.07) is 5.50. The molecule has 1 saturated heterocycles. The Bertz CT molecular complexity index is 418. The van der Waals surface area contributed by atoms with E-state index in [1.165, 1.54) is 0 Å². The largest absolute Gasteiger partial charge is 0.364 e. The van der Waals surface area contributed by atoms with Crippen molar-refractivity contribution in [1.29, 1.82) is 0 Å². The van der Waals surface area contributed by atoms with Crippen molar-refractivity contribution in [3.63, 3.8) is 0 Å². The number of nitrogens with zero attached hydrogens (tertiary/aromatic N) is 1. The standard InChI is InChI=1S/C12H17N3O2.2ClH/c1-8-3-2-4-11(14-8)15-12(16)10-6-5-9(7-13)17-10;;/h2-4,9-10H,5-7,13H2,1H3,(H,14,15,16);2*1H/t9-,10+;;/m1../s1. The highest BCUT2D eigenvalue weighted by Crippen LogP contribution is 2.20. The zero-order valence-electron chi connectivity index (χ0n) is 10.7. The second-order valence-corrected chi connectivity index (χ2v) is 4.21. The van der Waals surface area contributed by atoms with Gasteiger partial charge in [0, 0.05) is 12.2 Å². The van der Waals surface area contributed by atoms with Gasteiger partial charge in [-0.2, -0.15) is 0 Å². The highest BCUT2D eigenvalue weighted by molar-refractivity contribution is 5.93. The summed E-state index contributed by atoms with van der Waals surface area (Å²) in [7, 11) is 0. The van der Waals surface area contributed by atoms with E-state index < -0.39 is 6.10 Å². The first-order chi connectivity index (χ1) is 8.19. The molecule has 3 N–H and O–H groups in total. The quantitative estimate of drug-likeness (QED) is 0.890. The van der Waals surface area contributed by atoms with Gasteiger partial charge in [0.05, 0.1) is 6.10 Å². The van der Waals surface area contributed by atoms with Crippen LogP contribution in [0.3, 0.4) is 0 Å². The van der Waals surface area contributed by atoms with Crippen molar-refractivity contribution < 1.29 is 9.53 Å². The predicted molar refractivity (Wildman–Crippen MR) is 79.0 cm³/mol. The lowest BCUT2D eigenvalue weighted by Gasteiger charge is -2.12. The van der Waals surface area contributed by atoms with Gasteiger partial charge in [0.15, 0.2) is 0 Å². The molecule has 1 aromatic heterocycles. The van der Waals surface area contributed by atoms with Gasteiger partial charge in [0.2, 0.25) is 0 Å². The predicted octanol–water partition coefficient (Wildman–Crippen LogP) is 1.68. The molecule has 0 bridgehead atoms. The van der Waals surface area contributed by atoms with Crippen LogP contribution in [0.1, 0.15) is 18.5 Å². The van der Waals surface area contributed by atoms with Gasteiger partial charge >= 0.3 is 0 Å². The Balaban J connectivity index is 0.00000162. The lowest BCUT2D eigenvalue weighted by Crippen LogP contribution is -2.30. The summed E-state index contributed by atoms with van der Waals surface area (Å²) in [5.41, 5.74) is 6.37. The summed E-state index contributed by atoms with van der Waals surface area (Å²) in [6.45, 7) is 2.35. The Kier molecular flexibility index (Phi) is 7.94. The molecule has 0 spiro atoms. The summed E-state index contributed by atoms with van der Waals surface area (Å²) in [5.74, 6) is 0.425. The number of nitrogens with one attached hydrogen (secondary N) is 1. The van der Waals surface area contributed by atoms with Crippen LogP contribution in [0.25, 0.3) is 0 Å². The van der Waals surface area contributed by atoms with E-state index in [1.807, 2.05) is 19.1 Å². The molecule has 2 heterocycles. The van der Waals surface area contributed by atoms with E-state index in [2.05, 4.69) is 10.3 Å². The van der Waals surface area contributed by atoms with Gasteiger partial charge in [-0.05, 0) is 31.9 Å². The second-order valence-electron chi connectivity index (χ2n) is 4.21. The molecular weight excluding hydrogens is 289 g/mol. The number of aryl methyl sites for hydroxylation is 1. The monoisotopic (exact) mass is 307 g/mol. The molecule has 1 fully saturated rings. The number of carbonyl (C=O) groups is 1. The molecule has 0 aliphatic carbocycles. The van der Waals surface area contributed by atoms with Gasteiger partial charge < -0.3 is 15.8 Å². The van der Waals surface area contributed by atoms with Crippen LogP contribution in [-0.2, 0) is 9.53 Å². The van der Waals surface area contributed by atoms with E-state index in [0.29, 0.717) is 12.4 Å². The SMILES string of the molecule is Cc1cccc(NC(=O)[C@@H]2CC[C@H](CN)O2)n1.Cl.Cl. The van der Waals surface area contributed by atoms with Crippen molar-refractivity contribution in [3.05, 3.63) is 23.9 Å². The summed E-state index contributed by atoms with van der Waals surface area (Å²) in [5, 5.41) is 2.75. The maximum Gasteiger partial charge on any atom is 0.254 e. The number of rotatable bonds is 3. The normalized spacial score (nSPS) is 21.2. The number of amides is 1. The minimum Gasteiger partial charge on any atom is -0.364 e. The lowest BCUT2D eigenvalue weighted by atomic mass is 10.2. The molecule has 0 unspecified atom stereocenters. The number of halogens is 2. The summed E-state index contributed by atoms with van der Waals surface area (Å²) in [4.78, 5) is 16.1. The van der Waals surface area contributed by atoms with E-state index in [4.69, 9.17) is 10.5 Å². The number of hydrogen-bond acceptors (Lipinski definition) is 4. The number of nitrogens with two attached hydrogens (primary N) is 1. The maximum atomic E-state index is 11.9. The topological polar surface area (TPSA) is 77.2 Å². The molecule has 19 heavy (non-hydrogen) atoms. The lowest BCUT2D eigenvalue weighted by molar-refractivity contribution is -0.126. The van der Waals surface area contributed by atoms with Gasteiger partial charge in [0.25, 0.3) is 5.91 Å². The van der Waals surface area contributed by atoms with Crippen LogP contribution in [0, 0.1) is 6.92 Å². The van der Waals surface area contributed by atoms with Gasteiger partial charge in [-0.3, -0.25) is 4.79 Å². The van der Waals surface area contributed by atoms with E-state index in [9.17, 15) is 4.79 Å². The molecular formula is C12H19Cl2N3O2. The fourth-order valence-corrected chi connectivity index (χ4v) is 1.89. The van der Waals surface area contributed by atoms with Gasteiger partial charge in [-0.15, -0.1) is 24.8 Å². The van der Waals surface area contributed by atoms with E-state index in [1.54, 1.807) is 6.07 Å². The number of carbonyl (C=O) groups excluding carboxylic acids is 1. The average Bonchev–Trinajstić information content (AvgIpc) is 2.77. The first kappa shape index (κ1) is 18.1. The Hall–Kier alpha value is -0.880. The van der Waals surface area contributed by atoms with Crippen molar-refractivity contribution in [3.8, 4) is 0 Å². The maximum absolute atomic E-state index is 11.9. The zero-order chi connectivity index (χ0) is 12.3. The number of aromatic nitrogens is 1. The average molecular weight is 308 g/mol. The van der Waals surface area contributed by atoms with Crippen molar-refractivity contribution >= 4 is 36.5 Å². The Morgan fingerprint density at radius 1 is 1.47 bits per heavy atom. The third kappa shape index (κ3) is 4.95. The summed E-state index contributed by atoms with van der Waals surface area (Å²) in [6.07, 6.45) is 1.18. The van der Waals surface area contributed by atoms with Gasteiger partial charge in [-0.25, -0.2) is 4.98 Å². The fraction of sp³-hybridized carbons (Fsp3) is 0.500. The first-order valence-electron chi connectivity index (χ1n) is 5.79. The Morgan fingerprint density at radius 2 is 2.21 bits per heavy atom. The van der Waals surface area contributed by atoms with Crippen molar-refractivity contribution in [2.24, 2.45) is 5.73 Å². The summed E-state index contributed by atoms with van der Waals surface area (Å²) < 4.78 is 5.51. The molecule has 5 nitrogen and oxygen atoms in total. The molecule has 2 rings (SSSR count). The van der Waals surface area contributed by atoms with E-state index in [0.717, 1.165) is 18.5 Å². The van der Waals surface area contributed by atoms with Crippen LogP contribution in [0.15, 0.2) is 18.2 Å². The second kappa shape index (κ2) is 8.32. The van der Waals surface area contributed by atoms with Gasteiger partial charge in [0.1, 0.15) is 11.9 Å². The molecule has 0 radical (unpaired) electrons. The molecule has 1 aliphatic rings. The minimum atomic E-state index is -0.397. The van der Waals surface area contributed by atoms with Crippen LogP contribution < -0.4 is 11.1 Å². The molecule has 1 amide bonds.